The second-order valence-electron chi connectivity index (χ2n) is 6.87. The van der Waals surface area contributed by atoms with Crippen LogP contribution in [-0.4, -0.2) is 17.5 Å². The van der Waals surface area contributed by atoms with E-state index in [1.807, 2.05) is 6.07 Å². The highest BCUT2D eigenvalue weighted by Crippen LogP contribution is 2.35. The maximum atomic E-state index is 10.5. The summed E-state index contributed by atoms with van der Waals surface area (Å²) in [7, 11) is 0. The highest BCUT2D eigenvalue weighted by molar-refractivity contribution is 5.44. The minimum atomic E-state index is -0.383. The third kappa shape index (κ3) is 4.29. The lowest BCUT2D eigenvalue weighted by atomic mass is 9.92. The van der Waals surface area contributed by atoms with Crippen molar-refractivity contribution in [3.63, 3.8) is 0 Å². The molecule has 0 radical (unpaired) electrons. The van der Waals surface area contributed by atoms with Crippen LogP contribution in [0.25, 0.3) is 0 Å². The minimum Gasteiger partial charge on any atom is -0.454 e. The van der Waals surface area contributed by atoms with Gasteiger partial charge in [0.25, 0.3) is 0 Å². The van der Waals surface area contributed by atoms with Crippen LogP contribution in [0.3, 0.4) is 0 Å². The number of hydrogen-bond acceptors (Lipinski definition) is 3. The molecule has 0 unspecified atom stereocenters. The molecule has 0 aromatic heterocycles. The van der Waals surface area contributed by atoms with Gasteiger partial charge >= 0.3 is 0 Å². The zero-order valence-electron chi connectivity index (χ0n) is 14.1. The SMILES string of the molecule is CCC(=CCCc1ccc2c(c1)OCO2)CCC1(O)CCCC1. The maximum absolute atomic E-state index is 10.5. The summed E-state index contributed by atoms with van der Waals surface area (Å²) in [5, 5.41) is 10.5. The third-order valence-corrected chi connectivity index (χ3v) is 5.20. The number of fused-ring (bicyclic) bond motifs is 1. The molecule has 126 valence electrons. The van der Waals surface area contributed by atoms with Gasteiger partial charge in [0.1, 0.15) is 0 Å². The van der Waals surface area contributed by atoms with E-state index in [-0.39, 0.29) is 5.60 Å². The van der Waals surface area contributed by atoms with Gasteiger partial charge in [-0.1, -0.05) is 37.5 Å². The molecule has 0 spiro atoms. The molecule has 1 aliphatic heterocycles. The molecule has 3 nitrogen and oxygen atoms in total. The summed E-state index contributed by atoms with van der Waals surface area (Å²) in [5.74, 6) is 1.72. The van der Waals surface area contributed by atoms with Crippen molar-refractivity contribution < 1.29 is 14.6 Å². The number of ether oxygens (including phenoxy) is 2. The molecule has 1 fully saturated rings. The Hall–Kier alpha value is -1.48. The lowest BCUT2D eigenvalue weighted by molar-refractivity contribution is 0.0390. The number of allylic oxidation sites excluding steroid dienone is 2. The highest BCUT2D eigenvalue weighted by atomic mass is 16.7. The Kier molecular flexibility index (Phi) is 5.27. The average Bonchev–Trinajstić information content (AvgIpc) is 3.19. The van der Waals surface area contributed by atoms with Crippen LogP contribution in [0.2, 0.25) is 0 Å². The Morgan fingerprint density at radius 2 is 2.00 bits per heavy atom. The Labute approximate surface area is 139 Å². The summed E-state index contributed by atoms with van der Waals surface area (Å²) in [6, 6.07) is 6.20. The predicted molar refractivity (Wildman–Crippen MR) is 91.9 cm³/mol. The molecular formula is C20H28O3. The van der Waals surface area contributed by atoms with Crippen LogP contribution in [0, 0.1) is 0 Å². The first-order valence-corrected chi connectivity index (χ1v) is 8.97. The van der Waals surface area contributed by atoms with E-state index in [1.54, 1.807) is 0 Å². The van der Waals surface area contributed by atoms with Crippen LogP contribution in [0.5, 0.6) is 11.5 Å². The lowest BCUT2D eigenvalue weighted by Crippen LogP contribution is -2.23. The predicted octanol–water partition coefficient (Wildman–Crippen LogP) is 4.77. The molecule has 0 amide bonds. The Morgan fingerprint density at radius 3 is 2.78 bits per heavy atom. The van der Waals surface area contributed by atoms with Crippen molar-refractivity contribution >= 4 is 0 Å². The van der Waals surface area contributed by atoms with E-state index in [0.29, 0.717) is 6.79 Å². The molecule has 3 heteroatoms. The zero-order chi connectivity index (χ0) is 16.1. The van der Waals surface area contributed by atoms with Crippen LogP contribution in [-0.2, 0) is 6.42 Å². The van der Waals surface area contributed by atoms with Gasteiger partial charge < -0.3 is 14.6 Å². The van der Waals surface area contributed by atoms with Crippen LogP contribution in [0.15, 0.2) is 29.8 Å². The fourth-order valence-corrected chi connectivity index (χ4v) is 3.64. The van der Waals surface area contributed by atoms with Crippen molar-refractivity contribution in [2.45, 2.75) is 70.3 Å². The van der Waals surface area contributed by atoms with Gasteiger partial charge in [-0.15, -0.1) is 0 Å². The number of benzene rings is 1. The molecule has 1 N–H and O–H groups in total. The van der Waals surface area contributed by atoms with E-state index in [0.717, 1.165) is 56.4 Å². The van der Waals surface area contributed by atoms with Gasteiger partial charge in [-0.3, -0.25) is 0 Å². The van der Waals surface area contributed by atoms with Crippen LogP contribution >= 0.6 is 0 Å². The van der Waals surface area contributed by atoms with E-state index in [1.165, 1.54) is 24.0 Å². The molecular weight excluding hydrogens is 288 g/mol. The second-order valence-corrected chi connectivity index (χ2v) is 6.87. The summed E-state index contributed by atoms with van der Waals surface area (Å²) in [5.41, 5.74) is 2.38. The van der Waals surface area contributed by atoms with Crippen molar-refractivity contribution in [2.75, 3.05) is 6.79 Å². The molecule has 1 aromatic rings. The third-order valence-electron chi connectivity index (χ3n) is 5.20. The standard InChI is InChI=1S/C20H28O3/c1-2-16(10-13-20(21)11-3-4-12-20)6-5-7-17-8-9-18-19(14-17)23-15-22-18/h6,8-9,14,21H,2-5,7,10-13,15H2,1H3. The fourth-order valence-electron chi connectivity index (χ4n) is 3.64. The van der Waals surface area contributed by atoms with E-state index in [2.05, 4.69) is 25.1 Å². The van der Waals surface area contributed by atoms with E-state index < -0.39 is 0 Å². The van der Waals surface area contributed by atoms with E-state index in [4.69, 9.17) is 9.47 Å². The molecule has 0 atom stereocenters. The normalized spacial score (nSPS) is 19.3. The van der Waals surface area contributed by atoms with Gasteiger partial charge in [-0.05, 0) is 62.6 Å². The molecule has 2 aliphatic rings. The summed E-state index contributed by atoms with van der Waals surface area (Å²) in [4.78, 5) is 0. The van der Waals surface area contributed by atoms with Gasteiger partial charge in [0.15, 0.2) is 11.5 Å². The van der Waals surface area contributed by atoms with Gasteiger partial charge in [-0.2, -0.15) is 0 Å². The second kappa shape index (κ2) is 7.39. The molecule has 1 heterocycles. The Balaban J connectivity index is 1.49. The molecule has 0 saturated heterocycles. The molecule has 1 aliphatic carbocycles. The number of hydrogen-bond donors (Lipinski definition) is 1. The van der Waals surface area contributed by atoms with Gasteiger partial charge in [0.05, 0.1) is 5.60 Å². The van der Waals surface area contributed by atoms with Crippen molar-refractivity contribution in [1.29, 1.82) is 0 Å². The van der Waals surface area contributed by atoms with Crippen molar-refractivity contribution in [1.82, 2.24) is 0 Å². The van der Waals surface area contributed by atoms with E-state index >= 15 is 0 Å². The topological polar surface area (TPSA) is 38.7 Å². The average molecular weight is 316 g/mol. The maximum Gasteiger partial charge on any atom is 0.231 e. The summed E-state index contributed by atoms with van der Waals surface area (Å²) < 4.78 is 10.8. The summed E-state index contributed by atoms with van der Waals surface area (Å²) in [6.45, 7) is 2.55. The zero-order valence-corrected chi connectivity index (χ0v) is 14.1. The molecule has 0 bridgehead atoms. The van der Waals surface area contributed by atoms with Crippen LogP contribution < -0.4 is 9.47 Å². The number of aryl methyl sites for hydroxylation is 1. The first kappa shape index (κ1) is 16.4. The lowest BCUT2D eigenvalue weighted by Gasteiger charge is -2.22. The van der Waals surface area contributed by atoms with Crippen molar-refractivity contribution in [2.24, 2.45) is 0 Å². The smallest absolute Gasteiger partial charge is 0.231 e. The number of aliphatic hydroxyl groups is 1. The Morgan fingerprint density at radius 1 is 1.22 bits per heavy atom. The monoisotopic (exact) mass is 316 g/mol. The molecule has 1 saturated carbocycles. The van der Waals surface area contributed by atoms with Crippen LogP contribution in [0.4, 0.5) is 0 Å². The van der Waals surface area contributed by atoms with Crippen molar-refractivity contribution in [3.8, 4) is 11.5 Å². The van der Waals surface area contributed by atoms with Gasteiger partial charge in [0, 0.05) is 0 Å². The first-order chi connectivity index (χ1) is 11.2. The van der Waals surface area contributed by atoms with Gasteiger partial charge in [-0.25, -0.2) is 0 Å². The quantitative estimate of drug-likeness (QED) is 0.736. The minimum absolute atomic E-state index is 0.335. The number of rotatable bonds is 7. The van der Waals surface area contributed by atoms with Gasteiger partial charge in [0.2, 0.25) is 6.79 Å². The van der Waals surface area contributed by atoms with E-state index in [9.17, 15) is 5.11 Å². The fraction of sp³-hybridized carbons (Fsp3) is 0.600. The Bertz CT molecular complexity index is 556. The highest BCUT2D eigenvalue weighted by Gasteiger charge is 2.30. The molecule has 3 rings (SSSR count). The molecule has 1 aromatic carbocycles. The molecule has 23 heavy (non-hydrogen) atoms. The largest absolute Gasteiger partial charge is 0.454 e. The van der Waals surface area contributed by atoms with Crippen LogP contribution in [0.1, 0.15) is 63.9 Å². The summed E-state index contributed by atoms with van der Waals surface area (Å²) >= 11 is 0. The first-order valence-electron chi connectivity index (χ1n) is 8.97. The summed E-state index contributed by atoms with van der Waals surface area (Å²) in [6.07, 6.45) is 11.8. The van der Waals surface area contributed by atoms with Crippen molar-refractivity contribution in [3.05, 3.63) is 35.4 Å².